The third-order valence-electron chi connectivity index (χ3n) is 3.99. The van der Waals surface area contributed by atoms with Gasteiger partial charge >= 0.3 is 0 Å². The van der Waals surface area contributed by atoms with Crippen LogP contribution >= 0.6 is 11.6 Å². The number of morpholine rings is 1. The summed E-state index contributed by atoms with van der Waals surface area (Å²) in [5.41, 5.74) is 3.74. The van der Waals surface area contributed by atoms with Crippen LogP contribution in [0.25, 0.3) is 11.0 Å². The van der Waals surface area contributed by atoms with Crippen molar-refractivity contribution in [3.8, 4) is 0 Å². The summed E-state index contributed by atoms with van der Waals surface area (Å²) in [6.07, 6.45) is 6.25. The predicted molar refractivity (Wildman–Crippen MR) is 92.4 cm³/mol. The summed E-state index contributed by atoms with van der Waals surface area (Å²) in [5, 5.41) is 0.240. The summed E-state index contributed by atoms with van der Waals surface area (Å²) in [6, 6.07) is 6.00. The highest BCUT2D eigenvalue weighted by Crippen LogP contribution is 2.25. The Bertz CT molecular complexity index is 852. The van der Waals surface area contributed by atoms with Crippen LogP contribution in [-0.2, 0) is 11.2 Å². The lowest BCUT2D eigenvalue weighted by Crippen LogP contribution is -2.37. The highest BCUT2D eigenvalue weighted by Gasteiger charge is 2.18. The van der Waals surface area contributed by atoms with Gasteiger partial charge in [0.2, 0.25) is 5.28 Å². The highest BCUT2D eigenvalue weighted by atomic mass is 35.5. The number of rotatable bonds is 3. The van der Waals surface area contributed by atoms with Crippen molar-refractivity contribution in [2.75, 3.05) is 31.2 Å². The predicted octanol–water partition coefficient (Wildman–Crippen LogP) is 2.50. The molecule has 0 spiro atoms. The lowest BCUT2D eigenvalue weighted by Gasteiger charge is -2.28. The number of anilines is 1. The number of halogens is 1. The molecule has 0 radical (unpaired) electrons. The largest absolute Gasteiger partial charge is 0.378 e. The molecule has 0 bridgehead atoms. The van der Waals surface area contributed by atoms with Gasteiger partial charge < -0.3 is 9.64 Å². The van der Waals surface area contributed by atoms with E-state index in [9.17, 15) is 0 Å². The van der Waals surface area contributed by atoms with Crippen molar-refractivity contribution >= 4 is 28.5 Å². The van der Waals surface area contributed by atoms with Crippen molar-refractivity contribution in [3.05, 3.63) is 53.2 Å². The number of fused-ring (bicyclic) bond motifs is 1. The summed E-state index contributed by atoms with van der Waals surface area (Å²) in [5.74, 6) is 0.779. The molecular formula is C17H16ClN5O. The quantitative estimate of drug-likeness (QED) is 0.682. The molecule has 7 heteroatoms. The second-order valence-electron chi connectivity index (χ2n) is 5.67. The maximum Gasteiger partial charge on any atom is 0.225 e. The first-order valence-electron chi connectivity index (χ1n) is 7.83. The molecule has 24 heavy (non-hydrogen) atoms. The molecule has 1 aliphatic heterocycles. The van der Waals surface area contributed by atoms with E-state index in [0.29, 0.717) is 13.2 Å². The van der Waals surface area contributed by atoms with E-state index in [1.807, 2.05) is 30.6 Å². The summed E-state index contributed by atoms with van der Waals surface area (Å²) in [4.78, 5) is 19.6. The Labute approximate surface area is 144 Å². The molecule has 0 amide bonds. The van der Waals surface area contributed by atoms with E-state index in [1.54, 1.807) is 6.20 Å². The SMILES string of the molecule is Clc1nc(N2CCOCC2)c2ncc(Cc3cccnc3)cc2n1. The summed E-state index contributed by atoms with van der Waals surface area (Å²) < 4.78 is 5.40. The van der Waals surface area contributed by atoms with Crippen LogP contribution in [0.3, 0.4) is 0 Å². The number of aromatic nitrogens is 4. The summed E-state index contributed by atoms with van der Waals surface area (Å²) >= 11 is 6.14. The van der Waals surface area contributed by atoms with Crippen LogP contribution in [0.2, 0.25) is 5.28 Å². The van der Waals surface area contributed by atoms with E-state index in [0.717, 1.165) is 47.5 Å². The number of hydrogen-bond donors (Lipinski definition) is 0. The molecule has 0 aliphatic carbocycles. The Kier molecular flexibility index (Phi) is 4.23. The van der Waals surface area contributed by atoms with Crippen molar-refractivity contribution in [3.63, 3.8) is 0 Å². The van der Waals surface area contributed by atoms with Gasteiger partial charge in [-0.25, -0.2) is 4.98 Å². The van der Waals surface area contributed by atoms with Gasteiger partial charge in [0.1, 0.15) is 5.52 Å². The Balaban J connectivity index is 1.71. The minimum Gasteiger partial charge on any atom is -0.378 e. The Hall–Kier alpha value is -2.31. The number of ether oxygens (including phenoxy) is 1. The van der Waals surface area contributed by atoms with Crippen LogP contribution in [0.5, 0.6) is 0 Å². The third kappa shape index (κ3) is 3.16. The lowest BCUT2D eigenvalue weighted by atomic mass is 10.1. The zero-order valence-electron chi connectivity index (χ0n) is 13.0. The maximum atomic E-state index is 6.14. The van der Waals surface area contributed by atoms with Gasteiger partial charge in [-0.3, -0.25) is 9.97 Å². The van der Waals surface area contributed by atoms with Gasteiger partial charge in [0.25, 0.3) is 0 Å². The minimum atomic E-state index is 0.240. The molecule has 0 saturated carbocycles. The molecule has 0 unspecified atom stereocenters. The first kappa shape index (κ1) is 15.2. The van der Waals surface area contributed by atoms with Crippen molar-refractivity contribution in [2.24, 2.45) is 0 Å². The lowest BCUT2D eigenvalue weighted by molar-refractivity contribution is 0.122. The van der Waals surface area contributed by atoms with Crippen molar-refractivity contribution in [2.45, 2.75) is 6.42 Å². The molecule has 3 aromatic rings. The number of nitrogens with zero attached hydrogens (tertiary/aromatic N) is 5. The molecule has 0 aromatic carbocycles. The Morgan fingerprint density at radius 1 is 1.12 bits per heavy atom. The zero-order chi connectivity index (χ0) is 16.4. The monoisotopic (exact) mass is 341 g/mol. The molecule has 6 nitrogen and oxygen atoms in total. The van der Waals surface area contributed by atoms with E-state index in [-0.39, 0.29) is 5.28 Å². The van der Waals surface area contributed by atoms with E-state index in [2.05, 4.69) is 24.8 Å². The van der Waals surface area contributed by atoms with Gasteiger partial charge in [0, 0.05) is 38.1 Å². The van der Waals surface area contributed by atoms with Crippen LogP contribution in [0, 0.1) is 0 Å². The summed E-state index contributed by atoms with van der Waals surface area (Å²) in [6.45, 7) is 2.92. The minimum absolute atomic E-state index is 0.240. The van der Waals surface area contributed by atoms with Gasteiger partial charge in [-0.15, -0.1) is 0 Å². The van der Waals surface area contributed by atoms with Crippen molar-refractivity contribution in [1.82, 2.24) is 19.9 Å². The topological polar surface area (TPSA) is 64.0 Å². The molecule has 1 aliphatic rings. The molecular weight excluding hydrogens is 326 g/mol. The summed E-state index contributed by atoms with van der Waals surface area (Å²) in [7, 11) is 0. The van der Waals surface area contributed by atoms with Gasteiger partial charge in [0.15, 0.2) is 5.82 Å². The van der Waals surface area contributed by atoms with E-state index >= 15 is 0 Å². The van der Waals surface area contributed by atoms with Gasteiger partial charge in [0.05, 0.1) is 18.7 Å². The molecule has 122 valence electrons. The van der Waals surface area contributed by atoms with Crippen LogP contribution in [0.1, 0.15) is 11.1 Å². The van der Waals surface area contributed by atoms with Crippen molar-refractivity contribution < 1.29 is 4.74 Å². The van der Waals surface area contributed by atoms with Crippen LogP contribution in [0.4, 0.5) is 5.82 Å². The molecule has 3 aromatic heterocycles. The Morgan fingerprint density at radius 2 is 2.00 bits per heavy atom. The molecule has 0 atom stereocenters. The van der Waals surface area contributed by atoms with Gasteiger partial charge in [-0.05, 0) is 34.9 Å². The third-order valence-corrected chi connectivity index (χ3v) is 4.16. The van der Waals surface area contributed by atoms with Crippen LogP contribution in [-0.4, -0.2) is 46.2 Å². The standard InChI is InChI=1S/C17H16ClN5O/c18-17-21-14-9-13(8-12-2-1-3-19-10-12)11-20-15(14)16(22-17)23-4-6-24-7-5-23/h1-3,9-11H,4-8H2. The first-order chi connectivity index (χ1) is 11.8. The Morgan fingerprint density at radius 3 is 2.79 bits per heavy atom. The van der Waals surface area contributed by atoms with Gasteiger partial charge in [-0.2, -0.15) is 4.98 Å². The second-order valence-corrected chi connectivity index (χ2v) is 6.00. The normalized spacial score (nSPS) is 15.0. The molecule has 0 N–H and O–H groups in total. The number of pyridine rings is 2. The van der Waals surface area contributed by atoms with Crippen LogP contribution in [0.15, 0.2) is 36.8 Å². The first-order valence-corrected chi connectivity index (χ1v) is 8.21. The number of hydrogen-bond acceptors (Lipinski definition) is 6. The fraction of sp³-hybridized carbons (Fsp3) is 0.294. The second kappa shape index (κ2) is 6.67. The van der Waals surface area contributed by atoms with Gasteiger partial charge in [-0.1, -0.05) is 6.07 Å². The van der Waals surface area contributed by atoms with E-state index < -0.39 is 0 Å². The van der Waals surface area contributed by atoms with E-state index in [4.69, 9.17) is 16.3 Å². The van der Waals surface area contributed by atoms with E-state index in [1.165, 1.54) is 0 Å². The fourth-order valence-corrected chi connectivity index (χ4v) is 3.02. The fourth-order valence-electron chi connectivity index (χ4n) is 2.85. The molecule has 1 fully saturated rings. The van der Waals surface area contributed by atoms with Crippen LogP contribution < -0.4 is 4.90 Å². The molecule has 4 rings (SSSR count). The maximum absolute atomic E-state index is 6.14. The average Bonchev–Trinajstić information content (AvgIpc) is 2.62. The smallest absolute Gasteiger partial charge is 0.225 e. The highest BCUT2D eigenvalue weighted by molar-refractivity contribution is 6.28. The molecule has 1 saturated heterocycles. The van der Waals surface area contributed by atoms with Crippen molar-refractivity contribution in [1.29, 1.82) is 0 Å². The average molecular weight is 342 g/mol. The molecule has 4 heterocycles. The zero-order valence-corrected chi connectivity index (χ0v) is 13.8.